The normalized spacial score (nSPS) is 14.6. The number of aromatic nitrogens is 2. The number of nitrogens with zero attached hydrogens (tertiary/aromatic N) is 4. The Labute approximate surface area is 170 Å². The lowest BCUT2D eigenvalue weighted by molar-refractivity contribution is 0.208. The largest absolute Gasteiger partial charge is 0.352 e. The zero-order valence-corrected chi connectivity index (χ0v) is 17.1. The maximum atomic E-state index is 12.6. The topological polar surface area (TPSA) is 61.4 Å². The smallest absolute Gasteiger partial charge is 0.321 e. The SMILES string of the molecule is CSc1ccc(NC(=O)N2CCN(c3ncnc4ccsc34)CC2)cc1Cl. The van der Waals surface area contributed by atoms with E-state index in [-0.39, 0.29) is 6.03 Å². The van der Waals surface area contributed by atoms with E-state index in [1.807, 2.05) is 34.7 Å². The van der Waals surface area contributed by atoms with E-state index in [0.717, 1.165) is 34.0 Å². The molecule has 1 N–H and O–H groups in total. The van der Waals surface area contributed by atoms with Crippen molar-refractivity contribution in [3.63, 3.8) is 0 Å². The van der Waals surface area contributed by atoms with Gasteiger partial charge in [-0.25, -0.2) is 14.8 Å². The lowest BCUT2D eigenvalue weighted by atomic mass is 10.3. The van der Waals surface area contributed by atoms with E-state index in [2.05, 4.69) is 20.2 Å². The van der Waals surface area contributed by atoms with Crippen LogP contribution in [0.4, 0.5) is 16.3 Å². The Kier molecular flexibility index (Phi) is 5.38. The van der Waals surface area contributed by atoms with Gasteiger partial charge in [0.2, 0.25) is 0 Å². The highest BCUT2D eigenvalue weighted by molar-refractivity contribution is 7.98. The Morgan fingerprint density at radius 3 is 2.78 bits per heavy atom. The number of benzene rings is 1. The van der Waals surface area contributed by atoms with Gasteiger partial charge in [0.25, 0.3) is 0 Å². The molecule has 2 aromatic heterocycles. The minimum absolute atomic E-state index is 0.105. The van der Waals surface area contributed by atoms with Gasteiger partial charge in [0, 0.05) is 36.8 Å². The fourth-order valence-corrected chi connectivity index (χ4v) is 4.80. The highest BCUT2D eigenvalue weighted by Gasteiger charge is 2.23. The quantitative estimate of drug-likeness (QED) is 0.636. The van der Waals surface area contributed by atoms with Gasteiger partial charge in [-0.2, -0.15) is 0 Å². The average Bonchev–Trinajstić information content (AvgIpc) is 3.17. The van der Waals surface area contributed by atoms with Crippen LogP contribution in [0.5, 0.6) is 0 Å². The molecule has 0 bridgehead atoms. The lowest BCUT2D eigenvalue weighted by Crippen LogP contribution is -2.50. The maximum Gasteiger partial charge on any atom is 0.321 e. The summed E-state index contributed by atoms with van der Waals surface area (Å²) in [7, 11) is 0. The van der Waals surface area contributed by atoms with Crippen LogP contribution in [-0.4, -0.2) is 53.3 Å². The molecule has 0 radical (unpaired) electrons. The minimum Gasteiger partial charge on any atom is -0.352 e. The number of piperazine rings is 1. The van der Waals surface area contributed by atoms with E-state index < -0.39 is 0 Å². The summed E-state index contributed by atoms with van der Waals surface area (Å²) in [6, 6.07) is 7.48. The first-order valence-electron chi connectivity index (χ1n) is 8.48. The number of hydrogen-bond acceptors (Lipinski definition) is 6. The van der Waals surface area contributed by atoms with Crippen LogP contribution >= 0.6 is 34.7 Å². The Hall–Kier alpha value is -2.03. The van der Waals surface area contributed by atoms with Crippen molar-refractivity contribution in [2.75, 3.05) is 42.7 Å². The third-order valence-corrected chi connectivity index (χ3v) is 6.61. The third-order valence-electron chi connectivity index (χ3n) is 4.49. The molecule has 4 rings (SSSR count). The summed E-state index contributed by atoms with van der Waals surface area (Å²) in [4.78, 5) is 26.3. The number of halogens is 1. The van der Waals surface area contributed by atoms with Crippen molar-refractivity contribution in [1.82, 2.24) is 14.9 Å². The molecule has 0 saturated carbocycles. The van der Waals surface area contributed by atoms with Crippen LogP contribution in [-0.2, 0) is 0 Å². The molecule has 1 aliphatic heterocycles. The zero-order valence-electron chi connectivity index (χ0n) is 14.7. The second kappa shape index (κ2) is 7.92. The van der Waals surface area contributed by atoms with Crippen molar-refractivity contribution in [2.24, 2.45) is 0 Å². The highest BCUT2D eigenvalue weighted by Crippen LogP contribution is 2.29. The molecule has 1 aromatic carbocycles. The summed E-state index contributed by atoms with van der Waals surface area (Å²) < 4.78 is 1.10. The number of thioether (sulfide) groups is 1. The fraction of sp³-hybridized carbons (Fsp3) is 0.278. The van der Waals surface area contributed by atoms with Gasteiger partial charge in [0.1, 0.15) is 12.1 Å². The molecule has 3 aromatic rings. The molecule has 0 unspecified atom stereocenters. The van der Waals surface area contributed by atoms with Gasteiger partial charge in [-0.1, -0.05) is 11.6 Å². The Morgan fingerprint density at radius 2 is 2.04 bits per heavy atom. The van der Waals surface area contributed by atoms with Crippen molar-refractivity contribution in [3.8, 4) is 0 Å². The van der Waals surface area contributed by atoms with E-state index in [9.17, 15) is 4.79 Å². The summed E-state index contributed by atoms with van der Waals surface area (Å²) in [5, 5.41) is 5.61. The number of thiophene rings is 1. The first-order valence-corrected chi connectivity index (χ1v) is 11.0. The Bertz CT molecular complexity index is 971. The molecule has 1 aliphatic rings. The van der Waals surface area contributed by atoms with Gasteiger partial charge in [0.15, 0.2) is 0 Å². The number of fused-ring (bicyclic) bond motifs is 1. The molecule has 0 aliphatic carbocycles. The predicted octanol–water partition coefficient (Wildman–Crippen LogP) is 4.42. The Balaban J connectivity index is 1.39. The second-order valence-corrected chi connectivity index (χ2v) is 8.26. The van der Waals surface area contributed by atoms with Crippen molar-refractivity contribution < 1.29 is 4.79 Å². The van der Waals surface area contributed by atoms with Gasteiger partial charge in [-0.05, 0) is 35.9 Å². The van der Waals surface area contributed by atoms with Gasteiger partial charge in [-0.3, -0.25) is 0 Å². The summed E-state index contributed by atoms with van der Waals surface area (Å²) in [6.07, 6.45) is 3.58. The number of nitrogens with one attached hydrogen (secondary N) is 1. The minimum atomic E-state index is -0.105. The molecule has 1 saturated heterocycles. The van der Waals surface area contributed by atoms with Crippen LogP contribution in [0.25, 0.3) is 10.2 Å². The van der Waals surface area contributed by atoms with Gasteiger partial charge in [-0.15, -0.1) is 23.1 Å². The van der Waals surface area contributed by atoms with Crippen molar-refractivity contribution in [2.45, 2.75) is 4.90 Å². The molecule has 0 atom stereocenters. The van der Waals surface area contributed by atoms with Crippen molar-refractivity contribution in [1.29, 1.82) is 0 Å². The molecule has 0 spiro atoms. The maximum absolute atomic E-state index is 12.6. The molecule has 9 heteroatoms. The van der Waals surface area contributed by atoms with Crippen LogP contribution in [0, 0.1) is 0 Å². The monoisotopic (exact) mass is 419 g/mol. The van der Waals surface area contributed by atoms with E-state index in [4.69, 9.17) is 11.6 Å². The molecule has 6 nitrogen and oxygen atoms in total. The summed E-state index contributed by atoms with van der Waals surface area (Å²) in [6.45, 7) is 2.76. The first kappa shape index (κ1) is 18.3. The number of carbonyl (C=O) groups excluding carboxylic acids is 1. The van der Waals surface area contributed by atoms with E-state index in [0.29, 0.717) is 23.8 Å². The van der Waals surface area contributed by atoms with Crippen LogP contribution in [0.3, 0.4) is 0 Å². The number of urea groups is 1. The van der Waals surface area contributed by atoms with Crippen LogP contribution in [0.15, 0.2) is 40.9 Å². The summed E-state index contributed by atoms with van der Waals surface area (Å²) >= 11 is 9.45. The van der Waals surface area contributed by atoms with Gasteiger partial charge >= 0.3 is 6.03 Å². The zero-order chi connectivity index (χ0) is 18.8. The summed E-state index contributed by atoms with van der Waals surface area (Å²) in [5.41, 5.74) is 1.68. The van der Waals surface area contributed by atoms with Crippen LogP contribution in [0.1, 0.15) is 0 Å². The number of hydrogen-bond donors (Lipinski definition) is 1. The van der Waals surface area contributed by atoms with Crippen molar-refractivity contribution >= 4 is 62.5 Å². The molecule has 140 valence electrons. The van der Waals surface area contributed by atoms with E-state index in [1.54, 1.807) is 35.5 Å². The standard InChI is InChI=1S/C18H18ClN5OS2/c1-26-15-3-2-12(10-13(15)19)22-18(25)24-7-5-23(6-8-24)17-16-14(4-9-27-16)20-11-21-17/h2-4,9-11H,5-8H2,1H3,(H,22,25). The predicted molar refractivity (Wildman–Crippen MR) is 113 cm³/mol. The molecule has 1 fully saturated rings. The summed E-state index contributed by atoms with van der Waals surface area (Å²) in [5.74, 6) is 0.953. The first-order chi connectivity index (χ1) is 13.2. The number of rotatable bonds is 3. The molecular weight excluding hydrogens is 402 g/mol. The number of carbonyl (C=O) groups is 1. The van der Waals surface area contributed by atoms with E-state index >= 15 is 0 Å². The molecule has 3 heterocycles. The van der Waals surface area contributed by atoms with E-state index in [1.165, 1.54) is 0 Å². The fourth-order valence-electron chi connectivity index (χ4n) is 3.07. The molecule has 27 heavy (non-hydrogen) atoms. The van der Waals surface area contributed by atoms with Gasteiger partial charge < -0.3 is 15.1 Å². The molecular formula is C18H18ClN5OS2. The number of amides is 2. The third kappa shape index (κ3) is 3.83. The highest BCUT2D eigenvalue weighted by atomic mass is 35.5. The lowest BCUT2D eigenvalue weighted by Gasteiger charge is -2.35. The number of anilines is 2. The van der Waals surface area contributed by atoms with Crippen LogP contribution < -0.4 is 10.2 Å². The molecule has 2 amide bonds. The second-order valence-electron chi connectivity index (χ2n) is 6.09. The Morgan fingerprint density at radius 1 is 1.22 bits per heavy atom. The van der Waals surface area contributed by atoms with Crippen molar-refractivity contribution in [3.05, 3.63) is 41.0 Å². The van der Waals surface area contributed by atoms with Crippen LogP contribution in [0.2, 0.25) is 5.02 Å². The van der Waals surface area contributed by atoms with Gasteiger partial charge in [0.05, 0.1) is 15.2 Å². The average molecular weight is 420 g/mol.